The number of carbonyl (C=O) groups is 1. The molecule has 0 aromatic rings. The largest absolute Gasteiger partial charge is 0.460 e. The molecule has 0 spiro atoms. The van der Waals surface area contributed by atoms with Gasteiger partial charge in [0.15, 0.2) is 0 Å². The molecule has 3 rings (SSSR count). The van der Waals surface area contributed by atoms with Gasteiger partial charge in [0.1, 0.15) is 5.60 Å². The number of carbonyl (C=O) groups excluding carboxylic acids is 1. The molecule has 3 aliphatic carbocycles. The van der Waals surface area contributed by atoms with Crippen molar-refractivity contribution in [3.8, 4) is 0 Å². The van der Waals surface area contributed by atoms with Crippen LogP contribution >= 0.6 is 0 Å². The summed E-state index contributed by atoms with van der Waals surface area (Å²) in [5, 5.41) is 11.2. The molecule has 3 aliphatic rings. The molecule has 0 amide bonds. The predicted octanol–water partition coefficient (Wildman–Crippen LogP) is 3.05. The molecule has 2 bridgehead atoms. The van der Waals surface area contributed by atoms with Gasteiger partial charge in [-0.15, -0.1) is 0 Å². The molecule has 1 unspecified atom stereocenters. The first-order valence-electron chi connectivity index (χ1n) is 8.05. The number of hydrogen-bond acceptors (Lipinski definition) is 4. The van der Waals surface area contributed by atoms with Crippen LogP contribution in [0, 0.1) is 39.2 Å². The van der Waals surface area contributed by atoms with Gasteiger partial charge in [-0.2, -0.15) is 0 Å². The van der Waals surface area contributed by atoms with Crippen molar-refractivity contribution in [1.29, 1.82) is 0 Å². The Morgan fingerprint density at radius 3 is 2.62 bits per heavy atom. The Kier molecular flexibility index (Phi) is 3.30. The van der Waals surface area contributed by atoms with Crippen molar-refractivity contribution < 1.29 is 14.5 Å². The quantitative estimate of drug-likeness (QED) is 0.454. The fourth-order valence-electron chi connectivity index (χ4n) is 5.46. The molecule has 5 heteroatoms. The first-order valence-corrected chi connectivity index (χ1v) is 8.05. The first-order chi connectivity index (χ1) is 9.71. The summed E-state index contributed by atoms with van der Waals surface area (Å²) in [6.07, 6.45) is 4.78. The molecule has 0 aromatic heterocycles. The van der Waals surface area contributed by atoms with Gasteiger partial charge in [-0.1, -0.05) is 6.42 Å². The standard InChI is InChI=1S/C16H25NO4/c1-15(2,3)21-14(18)8-16(9-17(19)20)12-5-4-10-6-11(12)13(16)7-10/h10-13H,4-9H2,1-3H3/t10-,11-,12?,13-,16+/m0/s1. The van der Waals surface area contributed by atoms with Gasteiger partial charge < -0.3 is 4.74 Å². The molecule has 0 aliphatic heterocycles. The average Bonchev–Trinajstić information content (AvgIpc) is 2.50. The van der Waals surface area contributed by atoms with Crippen LogP contribution in [0.2, 0.25) is 0 Å². The molecule has 0 saturated heterocycles. The maximum atomic E-state index is 12.3. The van der Waals surface area contributed by atoms with Crippen molar-refractivity contribution in [3.63, 3.8) is 0 Å². The van der Waals surface area contributed by atoms with E-state index in [1.54, 1.807) is 0 Å². The van der Waals surface area contributed by atoms with E-state index in [-0.39, 0.29) is 23.9 Å². The lowest BCUT2D eigenvalue weighted by atomic mass is 9.45. The third kappa shape index (κ3) is 2.44. The van der Waals surface area contributed by atoms with Crippen molar-refractivity contribution in [1.82, 2.24) is 0 Å². The van der Waals surface area contributed by atoms with Crippen LogP contribution in [0.25, 0.3) is 0 Å². The van der Waals surface area contributed by atoms with Crippen LogP contribution in [0.4, 0.5) is 0 Å². The molecule has 5 nitrogen and oxygen atoms in total. The van der Waals surface area contributed by atoms with Crippen LogP contribution in [0.3, 0.4) is 0 Å². The number of nitrogens with zero attached hydrogens (tertiary/aromatic N) is 1. The van der Waals surface area contributed by atoms with E-state index >= 15 is 0 Å². The lowest BCUT2D eigenvalue weighted by Gasteiger charge is -2.57. The van der Waals surface area contributed by atoms with Gasteiger partial charge in [0.05, 0.1) is 11.8 Å². The molecule has 3 saturated carbocycles. The van der Waals surface area contributed by atoms with Crippen molar-refractivity contribution in [2.45, 2.75) is 58.5 Å². The second-order valence-electron chi connectivity index (χ2n) is 8.28. The molecular formula is C16H25NO4. The van der Waals surface area contributed by atoms with Crippen LogP contribution in [-0.2, 0) is 9.53 Å². The van der Waals surface area contributed by atoms with E-state index in [0.29, 0.717) is 17.8 Å². The number of esters is 1. The van der Waals surface area contributed by atoms with Crippen LogP contribution in [0.5, 0.6) is 0 Å². The van der Waals surface area contributed by atoms with Gasteiger partial charge in [-0.05, 0) is 63.7 Å². The Labute approximate surface area is 125 Å². The number of hydrogen-bond donors (Lipinski definition) is 0. The maximum Gasteiger partial charge on any atom is 0.307 e. The van der Waals surface area contributed by atoms with E-state index in [1.807, 2.05) is 20.8 Å². The van der Waals surface area contributed by atoms with Crippen LogP contribution < -0.4 is 0 Å². The van der Waals surface area contributed by atoms with E-state index < -0.39 is 11.0 Å². The molecule has 21 heavy (non-hydrogen) atoms. The molecule has 0 heterocycles. The highest BCUT2D eigenvalue weighted by molar-refractivity contribution is 5.71. The van der Waals surface area contributed by atoms with E-state index in [4.69, 9.17) is 4.74 Å². The SMILES string of the molecule is CC(C)(C)OC(=O)C[C@@]1(C[N+](=O)[O-])C2CC[C@H]3C[C@@H]2[C@@H]1C3. The summed E-state index contributed by atoms with van der Waals surface area (Å²) in [6, 6.07) is 0. The topological polar surface area (TPSA) is 69.4 Å². The molecule has 5 atom stereocenters. The van der Waals surface area contributed by atoms with E-state index in [2.05, 4.69) is 0 Å². The Hall–Kier alpha value is -1.13. The number of ether oxygens (including phenoxy) is 1. The lowest BCUT2D eigenvalue weighted by molar-refractivity contribution is -0.512. The van der Waals surface area contributed by atoms with E-state index in [0.717, 1.165) is 18.8 Å². The van der Waals surface area contributed by atoms with Gasteiger partial charge in [0.2, 0.25) is 6.54 Å². The number of rotatable bonds is 4. The predicted molar refractivity (Wildman–Crippen MR) is 77.2 cm³/mol. The minimum Gasteiger partial charge on any atom is -0.460 e. The van der Waals surface area contributed by atoms with Gasteiger partial charge in [0.25, 0.3) is 0 Å². The average molecular weight is 295 g/mol. The highest BCUT2D eigenvalue weighted by Gasteiger charge is 2.69. The number of nitro groups is 1. The smallest absolute Gasteiger partial charge is 0.307 e. The summed E-state index contributed by atoms with van der Waals surface area (Å²) >= 11 is 0. The second kappa shape index (κ2) is 4.68. The van der Waals surface area contributed by atoms with Crippen molar-refractivity contribution in [2.24, 2.45) is 29.1 Å². The lowest BCUT2D eigenvalue weighted by Crippen LogP contribution is -2.59. The summed E-state index contributed by atoms with van der Waals surface area (Å²) in [4.78, 5) is 23.2. The number of fused-ring (bicyclic) bond motifs is 1. The zero-order valence-electron chi connectivity index (χ0n) is 13.1. The van der Waals surface area contributed by atoms with Crippen molar-refractivity contribution >= 4 is 5.97 Å². The minimum atomic E-state index is -0.524. The summed E-state index contributed by atoms with van der Waals surface area (Å²) < 4.78 is 5.44. The second-order valence-corrected chi connectivity index (χ2v) is 8.28. The molecule has 0 radical (unpaired) electrons. The maximum absolute atomic E-state index is 12.3. The Balaban J connectivity index is 1.79. The molecule has 0 N–H and O–H groups in total. The van der Waals surface area contributed by atoms with E-state index in [9.17, 15) is 14.9 Å². The van der Waals surface area contributed by atoms with Gasteiger partial charge >= 0.3 is 5.97 Å². The summed E-state index contributed by atoms with van der Waals surface area (Å²) in [7, 11) is 0. The molecule has 0 aromatic carbocycles. The third-order valence-corrected chi connectivity index (χ3v) is 5.91. The molecule has 3 fully saturated rings. The third-order valence-electron chi connectivity index (χ3n) is 5.91. The zero-order chi connectivity index (χ0) is 15.4. The fourth-order valence-corrected chi connectivity index (χ4v) is 5.46. The van der Waals surface area contributed by atoms with Gasteiger partial charge in [-0.3, -0.25) is 14.9 Å². The summed E-state index contributed by atoms with van der Waals surface area (Å²) in [5.74, 6) is 1.83. The Bertz CT molecular complexity index is 461. The van der Waals surface area contributed by atoms with Gasteiger partial charge in [0, 0.05) is 4.92 Å². The van der Waals surface area contributed by atoms with Crippen molar-refractivity contribution in [3.05, 3.63) is 10.1 Å². The molecule has 118 valence electrons. The first kappa shape index (κ1) is 14.8. The Morgan fingerprint density at radius 1 is 1.29 bits per heavy atom. The Morgan fingerprint density at radius 2 is 2.00 bits per heavy atom. The zero-order valence-corrected chi connectivity index (χ0v) is 13.1. The molecular weight excluding hydrogens is 270 g/mol. The summed E-state index contributed by atoms with van der Waals surface area (Å²) in [5.41, 5.74) is -0.953. The highest BCUT2D eigenvalue weighted by Crippen LogP contribution is 2.70. The normalized spacial score (nSPS) is 40.5. The highest BCUT2D eigenvalue weighted by atomic mass is 16.6. The fraction of sp³-hybridized carbons (Fsp3) is 0.938. The van der Waals surface area contributed by atoms with Crippen LogP contribution in [-0.4, -0.2) is 23.0 Å². The minimum absolute atomic E-state index is 0.0647. The van der Waals surface area contributed by atoms with Crippen LogP contribution in [0.1, 0.15) is 52.9 Å². The monoisotopic (exact) mass is 295 g/mol. The van der Waals surface area contributed by atoms with Gasteiger partial charge in [-0.25, -0.2) is 0 Å². The van der Waals surface area contributed by atoms with Crippen molar-refractivity contribution in [2.75, 3.05) is 6.54 Å². The van der Waals surface area contributed by atoms with E-state index in [1.165, 1.54) is 12.8 Å². The summed E-state index contributed by atoms with van der Waals surface area (Å²) in [6.45, 7) is 5.46. The van der Waals surface area contributed by atoms with Crippen LogP contribution in [0.15, 0.2) is 0 Å².